The number of pyridine rings is 1. The molecule has 5 rings (SSSR count). The minimum atomic E-state index is -1.06. The molecule has 1 N–H and O–H groups in total. The lowest BCUT2D eigenvalue weighted by Gasteiger charge is -2.19. The fourth-order valence-corrected chi connectivity index (χ4v) is 4.13. The molecule has 4 aromatic rings. The van der Waals surface area contributed by atoms with Gasteiger partial charge in [-0.2, -0.15) is 0 Å². The van der Waals surface area contributed by atoms with Gasteiger partial charge in [0.2, 0.25) is 0 Å². The summed E-state index contributed by atoms with van der Waals surface area (Å²) < 4.78 is 27.4. The summed E-state index contributed by atoms with van der Waals surface area (Å²) in [6, 6.07) is 19.4. The Balaban J connectivity index is 1.39. The number of aromatic nitrogens is 1. The molecule has 2 heterocycles. The number of methoxy groups -OCH3 is 2. The Labute approximate surface area is 219 Å². The standard InChI is InChI=1S/C29H26N2O7/c1-17(28(32)30-19-9-11-25-27(15-19)37-13-12-36-25)38-29(33)21-16-23(31-22-7-5-4-6-20(21)22)18-8-10-24(34-2)26(14-18)35-3/h4-11,14-17H,12-13H2,1-3H3,(H,30,32). The summed E-state index contributed by atoms with van der Waals surface area (Å²) in [5, 5.41) is 3.37. The van der Waals surface area contributed by atoms with Crippen molar-refractivity contribution in [2.75, 3.05) is 32.8 Å². The lowest BCUT2D eigenvalue weighted by molar-refractivity contribution is -0.123. The van der Waals surface area contributed by atoms with Gasteiger partial charge in [-0.1, -0.05) is 18.2 Å². The van der Waals surface area contributed by atoms with Crippen molar-refractivity contribution in [1.29, 1.82) is 0 Å². The van der Waals surface area contributed by atoms with Crippen molar-refractivity contribution in [2.24, 2.45) is 0 Å². The normalized spacial score (nSPS) is 12.9. The predicted octanol–water partition coefficient (Wildman–Crippen LogP) is 4.87. The van der Waals surface area contributed by atoms with Crippen LogP contribution in [0.4, 0.5) is 5.69 Å². The lowest BCUT2D eigenvalue weighted by atomic mass is 10.0. The number of rotatable bonds is 7. The van der Waals surface area contributed by atoms with Crippen LogP contribution in [0.1, 0.15) is 17.3 Å². The third kappa shape index (κ3) is 5.04. The second-order valence-electron chi connectivity index (χ2n) is 8.54. The summed E-state index contributed by atoms with van der Waals surface area (Å²) in [7, 11) is 3.11. The van der Waals surface area contributed by atoms with E-state index in [0.717, 1.165) is 5.56 Å². The van der Waals surface area contributed by atoms with Gasteiger partial charge in [-0.3, -0.25) is 4.79 Å². The van der Waals surface area contributed by atoms with Crippen LogP contribution in [0.2, 0.25) is 0 Å². The Morgan fingerprint density at radius 1 is 0.895 bits per heavy atom. The van der Waals surface area contributed by atoms with Crippen LogP contribution in [-0.4, -0.2) is 50.4 Å². The molecule has 1 aromatic heterocycles. The van der Waals surface area contributed by atoms with Crippen molar-refractivity contribution in [3.05, 3.63) is 72.3 Å². The van der Waals surface area contributed by atoms with E-state index in [9.17, 15) is 9.59 Å². The molecule has 0 fully saturated rings. The largest absolute Gasteiger partial charge is 0.493 e. The number of nitrogens with zero attached hydrogens (tertiary/aromatic N) is 1. The van der Waals surface area contributed by atoms with Gasteiger partial charge in [-0.05, 0) is 49.4 Å². The van der Waals surface area contributed by atoms with E-state index in [4.69, 9.17) is 28.7 Å². The number of hydrogen-bond acceptors (Lipinski definition) is 8. The van der Waals surface area contributed by atoms with E-state index < -0.39 is 18.0 Å². The molecule has 3 aromatic carbocycles. The number of esters is 1. The number of para-hydroxylation sites is 1. The summed E-state index contributed by atoms with van der Waals surface area (Å²) in [5.74, 6) is 1.15. The monoisotopic (exact) mass is 514 g/mol. The molecule has 0 saturated carbocycles. The van der Waals surface area contributed by atoms with E-state index in [2.05, 4.69) is 5.32 Å². The van der Waals surface area contributed by atoms with E-state index in [1.54, 1.807) is 56.7 Å². The van der Waals surface area contributed by atoms with Gasteiger partial charge in [0.05, 0.1) is 31.0 Å². The summed E-state index contributed by atoms with van der Waals surface area (Å²) in [6.45, 7) is 2.43. The Hall–Kier alpha value is -4.79. The number of fused-ring (bicyclic) bond motifs is 2. The van der Waals surface area contributed by atoms with Gasteiger partial charge < -0.3 is 29.0 Å². The zero-order valence-corrected chi connectivity index (χ0v) is 21.1. The fraction of sp³-hybridized carbons (Fsp3) is 0.207. The molecule has 1 aliphatic heterocycles. The zero-order valence-electron chi connectivity index (χ0n) is 21.1. The maximum atomic E-state index is 13.3. The van der Waals surface area contributed by atoms with Crippen molar-refractivity contribution in [3.63, 3.8) is 0 Å². The first-order chi connectivity index (χ1) is 18.5. The number of benzene rings is 3. The van der Waals surface area contributed by atoms with Gasteiger partial charge in [0.25, 0.3) is 5.91 Å². The van der Waals surface area contributed by atoms with Crippen LogP contribution in [0.25, 0.3) is 22.2 Å². The lowest BCUT2D eigenvalue weighted by Crippen LogP contribution is -2.30. The van der Waals surface area contributed by atoms with Crippen molar-refractivity contribution in [3.8, 4) is 34.3 Å². The topological polar surface area (TPSA) is 105 Å². The minimum absolute atomic E-state index is 0.291. The number of hydrogen-bond donors (Lipinski definition) is 1. The number of carbonyl (C=O) groups is 2. The highest BCUT2D eigenvalue weighted by molar-refractivity contribution is 6.06. The first kappa shape index (κ1) is 24.9. The number of amides is 1. The zero-order chi connectivity index (χ0) is 26.6. The molecule has 0 aliphatic carbocycles. The van der Waals surface area contributed by atoms with Gasteiger partial charge in [-0.25, -0.2) is 9.78 Å². The number of ether oxygens (including phenoxy) is 5. The summed E-state index contributed by atoms with van der Waals surface area (Å²) >= 11 is 0. The van der Waals surface area contributed by atoms with Crippen LogP contribution in [0.15, 0.2) is 66.7 Å². The highest BCUT2D eigenvalue weighted by atomic mass is 16.6. The van der Waals surface area contributed by atoms with E-state index in [0.29, 0.717) is 64.1 Å². The van der Waals surface area contributed by atoms with Crippen molar-refractivity contribution < 1.29 is 33.3 Å². The molecule has 0 saturated heterocycles. The SMILES string of the molecule is COc1ccc(-c2cc(C(=O)OC(C)C(=O)Nc3ccc4c(c3)OCCO4)c3ccccc3n2)cc1OC. The second kappa shape index (κ2) is 10.7. The van der Waals surface area contributed by atoms with Gasteiger partial charge in [-0.15, -0.1) is 0 Å². The molecule has 0 radical (unpaired) electrons. The fourth-order valence-electron chi connectivity index (χ4n) is 4.13. The maximum Gasteiger partial charge on any atom is 0.339 e. The first-order valence-corrected chi connectivity index (χ1v) is 12.0. The number of carbonyl (C=O) groups excluding carboxylic acids is 2. The van der Waals surface area contributed by atoms with E-state index in [-0.39, 0.29) is 0 Å². The molecule has 0 bridgehead atoms. The van der Waals surface area contributed by atoms with E-state index in [1.165, 1.54) is 6.92 Å². The molecular formula is C29H26N2O7. The molecule has 38 heavy (non-hydrogen) atoms. The molecule has 1 unspecified atom stereocenters. The Bertz CT molecular complexity index is 1520. The predicted molar refractivity (Wildman–Crippen MR) is 141 cm³/mol. The summed E-state index contributed by atoms with van der Waals surface area (Å²) in [5.41, 5.74) is 2.68. The molecule has 1 amide bonds. The van der Waals surface area contributed by atoms with Crippen LogP contribution in [0.5, 0.6) is 23.0 Å². The van der Waals surface area contributed by atoms with Crippen molar-refractivity contribution in [1.82, 2.24) is 4.98 Å². The van der Waals surface area contributed by atoms with E-state index in [1.807, 2.05) is 24.3 Å². The molecule has 1 atom stereocenters. The summed E-state index contributed by atoms with van der Waals surface area (Å²) in [6.07, 6.45) is -1.06. The molecular weight excluding hydrogens is 488 g/mol. The Morgan fingerprint density at radius 2 is 1.66 bits per heavy atom. The molecule has 194 valence electrons. The third-order valence-electron chi connectivity index (χ3n) is 6.08. The van der Waals surface area contributed by atoms with Crippen molar-refractivity contribution in [2.45, 2.75) is 13.0 Å². The average Bonchev–Trinajstić information content (AvgIpc) is 2.95. The highest BCUT2D eigenvalue weighted by Crippen LogP contribution is 2.34. The van der Waals surface area contributed by atoms with Crippen LogP contribution in [0.3, 0.4) is 0 Å². The number of nitrogens with one attached hydrogen (secondary N) is 1. The Kier molecular flexibility index (Phi) is 6.99. The maximum absolute atomic E-state index is 13.3. The Morgan fingerprint density at radius 3 is 2.45 bits per heavy atom. The van der Waals surface area contributed by atoms with Crippen molar-refractivity contribution >= 4 is 28.5 Å². The highest BCUT2D eigenvalue weighted by Gasteiger charge is 2.23. The van der Waals surface area contributed by atoms with Gasteiger partial charge in [0, 0.05) is 22.7 Å². The van der Waals surface area contributed by atoms with E-state index >= 15 is 0 Å². The molecule has 9 nitrogen and oxygen atoms in total. The van der Waals surface area contributed by atoms with Crippen LogP contribution >= 0.6 is 0 Å². The first-order valence-electron chi connectivity index (χ1n) is 12.0. The summed E-state index contributed by atoms with van der Waals surface area (Å²) in [4.78, 5) is 30.9. The van der Waals surface area contributed by atoms with Crippen LogP contribution < -0.4 is 24.3 Å². The van der Waals surface area contributed by atoms with Gasteiger partial charge in [0.15, 0.2) is 29.1 Å². The van der Waals surface area contributed by atoms with Gasteiger partial charge >= 0.3 is 5.97 Å². The quantitative estimate of drug-likeness (QED) is 0.348. The third-order valence-corrected chi connectivity index (χ3v) is 6.08. The van der Waals surface area contributed by atoms with Gasteiger partial charge in [0.1, 0.15) is 13.2 Å². The van der Waals surface area contributed by atoms with Crippen LogP contribution in [0, 0.1) is 0 Å². The average molecular weight is 515 g/mol. The van der Waals surface area contributed by atoms with Crippen LogP contribution in [-0.2, 0) is 9.53 Å². The molecule has 9 heteroatoms. The second-order valence-corrected chi connectivity index (χ2v) is 8.54. The molecule has 0 spiro atoms. The smallest absolute Gasteiger partial charge is 0.339 e. The molecule has 1 aliphatic rings. The number of anilines is 1. The minimum Gasteiger partial charge on any atom is -0.493 e.